The molecular weight excluding hydrogens is 481 g/mol. The second-order valence-corrected chi connectivity index (χ2v) is 9.51. The van der Waals surface area contributed by atoms with Gasteiger partial charge in [0.25, 0.3) is 0 Å². The lowest BCUT2D eigenvalue weighted by Gasteiger charge is -2.25. The van der Waals surface area contributed by atoms with Crippen molar-refractivity contribution in [1.82, 2.24) is 20.4 Å². The lowest BCUT2D eigenvalue weighted by molar-refractivity contribution is -0.133. The second kappa shape index (κ2) is 11.4. The van der Waals surface area contributed by atoms with Crippen LogP contribution in [0.25, 0.3) is 0 Å². The van der Waals surface area contributed by atoms with E-state index in [4.69, 9.17) is 0 Å². The molecule has 2 fully saturated rings. The van der Waals surface area contributed by atoms with Crippen LogP contribution in [-0.2, 0) is 14.6 Å². The molecule has 2 N–H and O–H groups in total. The summed E-state index contributed by atoms with van der Waals surface area (Å²) in [5.41, 5.74) is 0. The smallest absolute Gasteiger partial charge is 0.239 e. The lowest BCUT2D eigenvalue weighted by Crippen LogP contribution is -2.44. The highest BCUT2D eigenvalue weighted by atomic mass is 127. The number of nitrogens with one attached hydrogen (secondary N) is 2. The number of amides is 1. The van der Waals surface area contributed by atoms with Crippen molar-refractivity contribution < 1.29 is 13.2 Å². The van der Waals surface area contributed by atoms with Crippen LogP contribution in [0.3, 0.4) is 0 Å². The fraction of sp³-hybridized carbons (Fsp3) is 0.882. The van der Waals surface area contributed by atoms with Gasteiger partial charge in [0.05, 0.1) is 17.5 Å². The van der Waals surface area contributed by atoms with E-state index in [-0.39, 0.29) is 53.5 Å². The summed E-state index contributed by atoms with van der Waals surface area (Å²) in [5, 5.41) is 6.41. The first-order valence-corrected chi connectivity index (χ1v) is 11.3. The van der Waals surface area contributed by atoms with Gasteiger partial charge in [-0.25, -0.2) is 8.42 Å². The molecule has 0 saturated carbocycles. The van der Waals surface area contributed by atoms with Crippen LogP contribution in [0.5, 0.6) is 0 Å². The number of aliphatic imine (C=N–C) groups is 1. The molecule has 10 heteroatoms. The molecule has 0 spiro atoms. The largest absolute Gasteiger partial charge is 0.357 e. The molecule has 27 heavy (non-hydrogen) atoms. The summed E-state index contributed by atoms with van der Waals surface area (Å²) < 4.78 is 23.2. The molecule has 8 nitrogen and oxygen atoms in total. The fourth-order valence-corrected chi connectivity index (χ4v) is 5.23. The Kier molecular flexibility index (Phi) is 10.3. The van der Waals surface area contributed by atoms with Gasteiger partial charge in [0.1, 0.15) is 0 Å². The maximum atomic E-state index is 12.2. The number of guanidine groups is 1. The van der Waals surface area contributed by atoms with Crippen LogP contribution in [0.1, 0.15) is 32.6 Å². The van der Waals surface area contributed by atoms with Crippen molar-refractivity contribution in [3.05, 3.63) is 0 Å². The number of likely N-dealkylation sites (tertiary alicyclic amines) is 1. The number of nitrogens with zero attached hydrogens (tertiary/aromatic N) is 3. The average Bonchev–Trinajstić information content (AvgIpc) is 3.16. The highest BCUT2D eigenvalue weighted by molar-refractivity contribution is 14.0. The molecule has 0 aromatic heterocycles. The Bertz CT molecular complexity index is 612. The summed E-state index contributed by atoms with van der Waals surface area (Å²) in [4.78, 5) is 20.7. The van der Waals surface area contributed by atoms with Gasteiger partial charge in [-0.15, -0.1) is 24.0 Å². The van der Waals surface area contributed by atoms with E-state index in [1.54, 1.807) is 19.0 Å². The van der Waals surface area contributed by atoms with E-state index in [0.29, 0.717) is 18.9 Å². The average molecular weight is 515 g/mol. The van der Waals surface area contributed by atoms with Gasteiger partial charge in [0, 0.05) is 39.8 Å². The van der Waals surface area contributed by atoms with Crippen LogP contribution in [0.15, 0.2) is 4.99 Å². The summed E-state index contributed by atoms with van der Waals surface area (Å²) in [6, 6.07) is -0.0532. The van der Waals surface area contributed by atoms with Crippen LogP contribution in [0.4, 0.5) is 0 Å². The Morgan fingerprint density at radius 1 is 1.30 bits per heavy atom. The predicted molar refractivity (Wildman–Crippen MR) is 119 cm³/mol. The quantitative estimate of drug-likeness (QED) is 0.219. The normalized spacial score (nSPS) is 25.1. The number of hydrogen-bond donors (Lipinski definition) is 2. The zero-order chi connectivity index (χ0) is 19.2. The molecule has 0 aromatic carbocycles. The minimum atomic E-state index is -2.90. The van der Waals surface area contributed by atoms with Gasteiger partial charge in [-0.2, -0.15) is 0 Å². The molecule has 2 unspecified atom stereocenters. The van der Waals surface area contributed by atoms with Crippen molar-refractivity contribution in [3.63, 3.8) is 0 Å². The van der Waals surface area contributed by atoms with Crippen molar-refractivity contribution in [2.24, 2.45) is 4.99 Å². The van der Waals surface area contributed by atoms with Gasteiger partial charge < -0.3 is 15.5 Å². The molecule has 2 aliphatic heterocycles. The Labute approximate surface area is 180 Å². The van der Waals surface area contributed by atoms with E-state index >= 15 is 0 Å². The van der Waals surface area contributed by atoms with Gasteiger partial charge >= 0.3 is 0 Å². The zero-order valence-electron chi connectivity index (χ0n) is 16.6. The summed E-state index contributed by atoms with van der Waals surface area (Å²) >= 11 is 0. The number of carbonyl (C=O) groups is 1. The summed E-state index contributed by atoms with van der Waals surface area (Å²) in [6.45, 7) is 5.19. The van der Waals surface area contributed by atoms with Crippen LogP contribution < -0.4 is 10.6 Å². The minimum Gasteiger partial charge on any atom is -0.357 e. The van der Waals surface area contributed by atoms with Crippen LogP contribution >= 0.6 is 24.0 Å². The first-order chi connectivity index (χ1) is 12.3. The maximum Gasteiger partial charge on any atom is 0.239 e. The Balaban J connectivity index is 0.00000364. The van der Waals surface area contributed by atoms with Gasteiger partial charge in [-0.1, -0.05) is 0 Å². The zero-order valence-corrected chi connectivity index (χ0v) is 19.8. The first kappa shape index (κ1) is 24.4. The molecule has 2 atom stereocenters. The number of rotatable bonds is 7. The van der Waals surface area contributed by atoms with Crippen LogP contribution in [0.2, 0.25) is 0 Å². The molecule has 2 saturated heterocycles. The van der Waals surface area contributed by atoms with E-state index in [2.05, 4.69) is 20.5 Å². The van der Waals surface area contributed by atoms with Gasteiger partial charge in [-0.3, -0.25) is 14.7 Å². The van der Waals surface area contributed by atoms with Crippen molar-refractivity contribution >= 4 is 45.7 Å². The van der Waals surface area contributed by atoms with Gasteiger partial charge in [0.15, 0.2) is 15.8 Å². The molecule has 158 valence electrons. The molecule has 0 aromatic rings. The minimum absolute atomic E-state index is 0. The lowest BCUT2D eigenvalue weighted by atomic mass is 10.2. The molecule has 1 amide bonds. The topological polar surface area (TPSA) is 94.1 Å². The Morgan fingerprint density at radius 3 is 2.63 bits per heavy atom. The third-order valence-electron chi connectivity index (χ3n) is 4.88. The molecule has 2 aliphatic rings. The number of carbonyl (C=O) groups excluding carboxylic acids is 1. The molecular formula is C17H34IN5O3S. The number of halogens is 1. The first-order valence-electron chi connectivity index (χ1n) is 9.53. The van der Waals surface area contributed by atoms with E-state index in [9.17, 15) is 13.2 Å². The van der Waals surface area contributed by atoms with E-state index in [1.165, 1.54) is 0 Å². The van der Waals surface area contributed by atoms with Crippen molar-refractivity contribution in [3.8, 4) is 0 Å². The summed E-state index contributed by atoms with van der Waals surface area (Å²) in [7, 11) is 0.711. The SMILES string of the molecule is CCNC(=NCCCN1CCCC1C(=O)N(C)C)NC1CCS(=O)(=O)C1.I. The number of hydrogen-bond acceptors (Lipinski definition) is 5. The van der Waals surface area contributed by atoms with Crippen LogP contribution in [0, 0.1) is 0 Å². The monoisotopic (exact) mass is 515 g/mol. The molecule has 0 aliphatic carbocycles. The van der Waals surface area contributed by atoms with Gasteiger partial charge in [-0.05, 0) is 39.2 Å². The van der Waals surface area contributed by atoms with Crippen molar-refractivity contribution in [2.75, 3.05) is 51.8 Å². The van der Waals surface area contributed by atoms with Crippen molar-refractivity contribution in [1.29, 1.82) is 0 Å². The highest BCUT2D eigenvalue weighted by Gasteiger charge is 2.31. The fourth-order valence-electron chi connectivity index (χ4n) is 3.56. The van der Waals surface area contributed by atoms with E-state index in [0.717, 1.165) is 38.9 Å². The molecule has 2 rings (SSSR count). The second-order valence-electron chi connectivity index (χ2n) is 7.29. The molecule has 0 radical (unpaired) electrons. The van der Waals surface area contributed by atoms with Crippen LogP contribution in [-0.4, -0.2) is 93.9 Å². The van der Waals surface area contributed by atoms with E-state index in [1.807, 2.05) is 6.92 Å². The molecule has 2 heterocycles. The highest BCUT2D eigenvalue weighted by Crippen LogP contribution is 2.18. The third-order valence-corrected chi connectivity index (χ3v) is 6.65. The summed E-state index contributed by atoms with van der Waals surface area (Å²) in [5.74, 6) is 1.29. The maximum absolute atomic E-state index is 12.2. The Morgan fingerprint density at radius 2 is 2.04 bits per heavy atom. The van der Waals surface area contributed by atoms with E-state index < -0.39 is 9.84 Å². The standard InChI is InChI=1S/C17H33N5O3S.HI/c1-4-18-17(20-14-8-12-26(24,25)13-14)19-9-6-11-22-10-5-7-15(22)16(23)21(2)3;/h14-15H,4-13H2,1-3H3,(H2,18,19,20);1H. The molecule has 0 bridgehead atoms. The number of sulfone groups is 1. The van der Waals surface area contributed by atoms with Gasteiger partial charge in [0.2, 0.25) is 5.91 Å². The van der Waals surface area contributed by atoms with Crippen molar-refractivity contribution in [2.45, 2.75) is 44.7 Å². The summed E-state index contributed by atoms with van der Waals surface area (Å²) in [6.07, 6.45) is 3.50. The third kappa shape index (κ3) is 7.72. The Hall–Kier alpha value is -0.620. The number of likely N-dealkylation sites (N-methyl/N-ethyl adjacent to an activating group) is 1. The predicted octanol–water partition coefficient (Wildman–Crippen LogP) is 0.289.